The number of unbranched alkanes of at least 4 members (excludes halogenated alkanes) is 12. The molecule has 0 aliphatic heterocycles. The molecule has 0 aliphatic rings. The van der Waals surface area contributed by atoms with E-state index in [-0.39, 0.29) is 0 Å². The van der Waals surface area contributed by atoms with Crippen LogP contribution in [0.3, 0.4) is 0 Å². The standard InChI is InChI=1S/2C27H34P.8ClH.2Mn/c2*1-2-3-4-5-6-7-17-24-28(25-18-11-8-12-19-25,26-20-13-9-14-21-26)27-22-15-10-16-23-27;;;;;;;;;;/h2*8-16,18-23H,2-7,17,24H2,1H3;8*1H;;/q2*+1;;;;;;;;;2*+3/p-8. The van der Waals surface area contributed by atoms with Gasteiger partial charge in [0.1, 0.15) is 46.4 Å². The van der Waals surface area contributed by atoms with Gasteiger partial charge < -0.3 is 0 Å². The van der Waals surface area contributed by atoms with Crippen LogP contribution in [-0.4, -0.2) is 12.3 Å². The fourth-order valence-corrected chi connectivity index (χ4v) is 17.2. The van der Waals surface area contributed by atoms with E-state index in [1.54, 1.807) is 0 Å². The van der Waals surface area contributed by atoms with E-state index in [1.807, 2.05) is 0 Å². The molecule has 0 saturated carbocycles. The zero-order valence-electron chi connectivity index (χ0n) is 38.3. The summed E-state index contributed by atoms with van der Waals surface area (Å²) in [6.07, 6.45) is 21.6. The first-order valence-electron chi connectivity index (χ1n) is 23.0. The summed E-state index contributed by atoms with van der Waals surface area (Å²) in [5.74, 6) is 0. The van der Waals surface area contributed by atoms with Crippen molar-refractivity contribution in [2.45, 2.75) is 104 Å². The number of rotatable bonds is 22. The third-order valence-electron chi connectivity index (χ3n) is 11.4. The van der Waals surface area contributed by atoms with E-state index in [9.17, 15) is 0 Å². The van der Waals surface area contributed by atoms with Crippen LogP contribution >= 0.6 is 95.3 Å². The van der Waals surface area contributed by atoms with Gasteiger partial charge in [0.15, 0.2) is 0 Å². The molecule has 6 rings (SSSR count). The van der Waals surface area contributed by atoms with Gasteiger partial charge in [-0.05, 0) is 98.5 Å². The summed E-state index contributed by atoms with van der Waals surface area (Å²) in [7, 11) is 31.0. The third kappa shape index (κ3) is 23.2. The second-order valence-electron chi connectivity index (χ2n) is 16.0. The Balaban J connectivity index is 0.000000291. The average molecular weight is 1170 g/mol. The molecule has 6 aromatic rings. The molecule has 0 bridgehead atoms. The fraction of sp³-hybridized carbons (Fsp3) is 0.333. The topological polar surface area (TPSA) is 0 Å². The molecule has 0 amide bonds. The van der Waals surface area contributed by atoms with E-state index in [0.717, 1.165) is 0 Å². The van der Waals surface area contributed by atoms with Crippen LogP contribution < -0.4 is 31.8 Å². The first kappa shape index (κ1) is 59.8. The van der Waals surface area contributed by atoms with Crippen molar-refractivity contribution in [1.82, 2.24) is 0 Å². The molecule has 0 N–H and O–H groups in total. The first-order chi connectivity index (χ1) is 31.8. The van der Waals surface area contributed by atoms with Crippen LogP contribution in [0.15, 0.2) is 182 Å². The van der Waals surface area contributed by atoms with E-state index in [1.165, 1.54) is 134 Å². The number of hydrogen-bond acceptors (Lipinski definition) is 0. The zero-order chi connectivity index (χ0) is 48.0. The van der Waals surface area contributed by atoms with E-state index >= 15 is 0 Å². The molecule has 0 radical (unpaired) electrons. The van der Waals surface area contributed by atoms with Crippen molar-refractivity contribution in [3.05, 3.63) is 182 Å². The van der Waals surface area contributed by atoms with Gasteiger partial charge >= 0.3 is 99.2 Å². The normalized spacial score (nSPS) is 12.0. The molecule has 0 spiro atoms. The molecule has 0 aromatic heterocycles. The van der Waals surface area contributed by atoms with Crippen LogP contribution in [0.4, 0.5) is 0 Å². The predicted molar refractivity (Wildman–Crippen MR) is 303 cm³/mol. The van der Waals surface area contributed by atoms with Gasteiger partial charge in [0.25, 0.3) is 0 Å². The van der Waals surface area contributed by atoms with Crippen molar-refractivity contribution < 1.29 is 18.4 Å². The van der Waals surface area contributed by atoms with E-state index in [2.05, 4.69) is 196 Å². The van der Waals surface area contributed by atoms with Crippen LogP contribution in [-0.2, 0) is 18.4 Å². The second-order valence-corrected chi connectivity index (χ2v) is 46.6. The summed E-state index contributed by atoms with van der Waals surface area (Å²) in [6.45, 7) is 4.58. The Morgan fingerprint density at radius 3 is 0.576 bits per heavy atom. The Kier molecular flexibility index (Phi) is 30.8. The predicted octanol–water partition coefficient (Wildman–Crippen LogP) is 19.0. The molecule has 0 aliphatic carbocycles. The van der Waals surface area contributed by atoms with Crippen molar-refractivity contribution in [2.75, 3.05) is 12.3 Å². The van der Waals surface area contributed by atoms with Crippen molar-refractivity contribution in [3.8, 4) is 0 Å². The quantitative estimate of drug-likeness (QED) is 0.0361. The molecule has 0 nitrogen and oxygen atoms in total. The number of halogens is 8. The van der Waals surface area contributed by atoms with Crippen LogP contribution in [0.1, 0.15) is 104 Å². The van der Waals surface area contributed by atoms with Crippen LogP contribution in [0.5, 0.6) is 0 Å². The Labute approximate surface area is 439 Å². The maximum atomic E-state index is 4.97. The summed E-state index contributed by atoms with van der Waals surface area (Å²) in [5.41, 5.74) is 0. The zero-order valence-corrected chi connectivity index (χ0v) is 48.5. The van der Waals surface area contributed by atoms with Gasteiger partial charge in [-0.25, -0.2) is 0 Å². The van der Waals surface area contributed by atoms with Crippen molar-refractivity contribution in [2.24, 2.45) is 0 Å². The fourth-order valence-electron chi connectivity index (χ4n) is 8.38. The van der Waals surface area contributed by atoms with Crippen molar-refractivity contribution in [3.63, 3.8) is 0 Å². The number of benzene rings is 6. The summed E-state index contributed by atoms with van der Waals surface area (Å²) in [4.78, 5) is 0. The molecule has 0 saturated heterocycles. The van der Waals surface area contributed by atoms with E-state index < -0.39 is 32.9 Å². The SMILES string of the molecule is CCCCCCCCC[P+](c1ccccc1)(c1ccccc1)c1ccccc1.CCCCCCCCC[P+](c1ccccc1)(c1ccccc1)c1ccccc1.[Cl][Mn-]([Cl])([Cl])[Cl].[Cl][Mn-]([Cl])([Cl])[Cl]. The summed E-state index contributed by atoms with van der Waals surface area (Å²) < 4.78 is 0. The Morgan fingerprint density at radius 1 is 0.258 bits per heavy atom. The first-order valence-corrected chi connectivity index (χ1v) is 39.9. The van der Waals surface area contributed by atoms with Crippen molar-refractivity contribution in [1.29, 1.82) is 0 Å². The van der Waals surface area contributed by atoms with Gasteiger partial charge in [0.2, 0.25) is 0 Å². The van der Waals surface area contributed by atoms with E-state index in [4.69, 9.17) is 80.8 Å². The molecule has 66 heavy (non-hydrogen) atoms. The van der Waals surface area contributed by atoms with Gasteiger partial charge in [0.05, 0.1) is 12.3 Å². The molecule has 0 heterocycles. The Hall–Kier alpha value is -0.461. The van der Waals surface area contributed by atoms with Gasteiger partial charge in [-0.15, -0.1) is 0 Å². The van der Waals surface area contributed by atoms with Gasteiger partial charge in [-0.1, -0.05) is 187 Å². The maximum absolute atomic E-state index is 4.97. The summed E-state index contributed by atoms with van der Waals surface area (Å²) in [6, 6.07) is 67.6. The van der Waals surface area contributed by atoms with Crippen LogP contribution in [0.25, 0.3) is 0 Å². The number of hydrogen-bond donors (Lipinski definition) is 0. The van der Waals surface area contributed by atoms with Crippen LogP contribution in [0, 0.1) is 0 Å². The third-order valence-corrected chi connectivity index (χ3v) is 20.4. The minimum atomic E-state index is -2.74. The molecule has 0 fully saturated rings. The Morgan fingerprint density at radius 2 is 0.409 bits per heavy atom. The molecule has 6 aromatic carbocycles. The Bertz CT molecular complexity index is 1720. The van der Waals surface area contributed by atoms with E-state index in [0.29, 0.717) is 0 Å². The molecule has 12 heteroatoms. The monoisotopic (exact) mass is 1170 g/mol. The summed E-state index contributed by atoms with van der Waals surface area (Å²) >= 11 is 0. The molecular weight excluding hydrogens is 1100 g/mol. The van der Waals surface area contributed by atoms with Crippen LogP contribution in [0.2, 0.25) is 0 Å². The van der Waals surface area contributed by atoms with Crippen molar-refractivity contribution >= 4 is 127 Å². The minimum absolute atomic E-state index is 1.26. The second kappa shape index (κ2) is 34.0. The average Bonchev–Trinajstić information content (AvgIpc) is 3.32. The molecule has 0 atom stereocenters. The molecule has 0 unspecified atom stereocenters. The summed E-state index contributed by atoms with van der Waals surface area (Å²) in [5, 5.41) is 9.07. The molecular formula is C54H68Cl8Mn2P2. The van der Waals surface area contributed by atoms with Gasteiger partial charge in [-0.2, -0.15) is 0 Å². The van der Waals surface area contributed by atoms with Gasteiger partial charge in [0, 0.05) is 0 Å². The molecule has 364 valence electrons. The van der Waals surface area contributed by atoms with Gasteiger partial charge in [-0.3, -0.25) is 0 Å².